The van der Waals surface area contributed by atoms with E-state index in [9.17, 15) is 4.79 Å². The molecule has 0 N–H and O–H groups in total. The summed E-state index contributed by atoms with van der Waals surface area (Å²) in [6.07, 6.45) is 5.05. The van der Waals surface area contributed by atoms with Crippen molar-refractivity contribution in [1.82, 2.24) is 9.55 Å². The Morgan fingerprint density at radius 2 is 2.14 bits per heavy atom. The smallest absolute Gasteiger partial charge is 0.256 e. The van der Waals surface area contributed by atoms with Gasteiger partial charge in [0, 0.05) is 23.7 Å². The first-order chi connectivity index (χ1) is 13.5. The maximum absolute atomic E-state index is 12.6. The van der Waals surface area contributed by atoms with Gasteiger partial charge in [0.25, 0.3) is 5.91 Å². The van der Waals surface area contributed by atoms with E-state index in [1.54, 1.807) is 34.3 Å². The summed E-state index contributed by atoms with van der Waals surface area (Å²) in [6.45, 7) is 6.36. The van der Waals surface area contributed by atoms with Crippen molar-refractivity contribution >= 4 is 23.3 Å². The molecule has 0 radical (unpaired) electrons. The molecule has 3 rings (SSSR count). The highest BCUT2D eigenvalue weighted by Crippen LogP contribution is 2.17. The topological polar surface area (TPSA) is 56.5 Å². The van der Waals surface area contributed by atoms with Crippen molar-refractivity contribution in [2.45, 2.75) is 33.4 Å². The first-order valence-corrected chi connectivity index (χ1v) is 9.97. The van der Waals surface area contributed by atoms with E-state index in [0.717, 1.165) is 22.0 Å². The van der Waals surface area contributed by atoms with Crippen LogP contribution in [0.15, 0.2) is 65.1 Å². The monoisotopic (exact) mass is 393 g/mol. The van der Waals surface area contributed by atoms with Gasteiger partial charge in [0.15, 0.2) is 0 Å². The molecule has 144 valence electrons. The number of pyridine rings is 1. The minimum absolute atomic E-state index is 0.112. The third-order valence-electron chi connectivity index (χ3n) is 3.80. The zero-order chi connectivity index (χ0) is 19.9. The highest BCUT2D eigenvalue weighted by Gasteiger charge is 2.03. The first-order valence-electron chi connectivity index (χ1n) is 9.09. The van der Waals surface area contributed by atoms with Gasteiger partial charge in [-0.3, -0.25) is 14.4 Å². The molecule has 3 aromatic rings. The number of aromatic nitrogens is 2. The summed E-state index contributed by atoms with van der Waals surface area (Å²) in [6, 6.07) is 13.3. The lowest BCUT2D eigenvalue weighted by Crippen LogP contribution is -2.26. The Morgan fingerprint density at radius 3 is 2.89 bits per heavy atom. The second-order valence-electron chi connectivity index (χ2n) is 6.54. The fourth-order valence-corrected chi connectivity index (χ4v) is 3.18. The fourth-order valence-electron chi connectivity index (χ4n) is 2.58. The van der Waals surface area contributed by atoms with Crippen LogP contribution in [-0.2, 0) is 6.61 Å². The van der Waals surface area contributed by atoms with Crippen molar-refractivity contribution in [1.29, 1.82) is 0 Å². The van der Waals surface area contributed by atoms with E-state index in [1.165, 1.54) is 0 Å². The zero-order valence-corrected chi connectivity index (χ0v) is 17.0. The van der Waals surface area contributed by atoms with E-state index in [1.807, 2.05) is 68.6 Å². The molecule has 2 aromatic heterocycles. The highest BCUT2D eigenvalue weighted by atomic mass is 32.1. The van der Waals surface area contributed by atoms with Gasteiger partial charge in [-0.25, -0.2) is 4.98 Å². The van der Waals surface area contributed by atoms with Gasteiger partial charge in [-0.2, -0.15) is 0 Å². The molecule has 2 heterocycles. The molecule has 0 aliphatic rings. The number of ether oxygens (including phenoxy) is 1. The largest absolute Gasteiger partial charge is 0.487 e. The summed E-state index contributed by atoms with van der Waals surface area (Å²) in [7, 11) is 0. The second-order valence-corrected chi connectivity index (χ2v) is 7.60. The zero-order valence-electron chi connectivity index (χ0n) is 16.2. The average Bonchev–Trinajstić information content (AvgIpc) is 3.10. The van der Waals surface area contributed by atoms with Gasteiger partial charge < -0.3 is 4.74 Å². The molecular formula is C22H23N3O2S. The van der Waals surface area contributed by atoms with Crippen molar-refractivity contribution in [2.24, 2.45) is 4.99 Å². The molecule has 0 atom stereocenters. The van der Waals surface area contributed by atoms with Crippen LogP contribution in [0.5, 0.6) is 5.75 Å². The molecule has 5 nitrogen and oxygen atoms in total. The molecule has 1 aromatic carbocycles. The maximum Gasteiger partial charge on any atom is 0.256 e. The Bertz CT molecular complexity index is 1050. The van der Waals surface area contributed by atoms with E-state index in [0.29, 0.717) is 12.1 Å². The molecule has 0 amide bonds. The van der Waals surface area contributed by atoms with Crippen LogP contribution >= 0.6 is 11.3 Å². The Balaban J connectivity index is 1.71. The lowest BCUT2D eigenvalue weighted by atomic mass is 10.2. The van der Waals surface area contributed by atoms with Crippen molar-refractivity contribution in [3.05, 3.63) is 81.9 Å². The van der Waals surface area contributed by atoms with E-state index in [4.69, 9.17) is 4.74 Å². The number of hydrogen-bond acceptors (Lipinski definition) is 5. The molecule has 0 spiro atoms. The van der Waals surface area contributed by atoms with Gasteiger partial charge in [-0.15, -0.1) is 11.3 Å². The Morgan fingerprint density at radius 1 is 1.29 bits per heavy atom. The number of thiazole rings is 1. The standard InChI is InChI=1S/C22H23N3O2S/c1-16(2)23-21-9-4-5-12-25(21)22(26)11-10-18-7-6-8-20(13-18)27-14-19-15-28-17(3)24-19/h4-13,15-16H,14H2,1-3H3/b11-10+,23-21?. The molecule has 0 unspecified atom stereocenters. The minimum atomic E-state index is -0.149. The van der Waals surface area contributed by atoms with Crippen LogP contribution < -0.4 is 10.2 Å². The predicted octanol–water partition coefficient (Wildman–Crippen LogP) is 4.49. The number of nitrogens with zero attached hydrogens (tertiary/aromatic N) is 3. The third kappa shape index (κ3) is 5.50. The van der Waals surface area contributed by atoms with Crippen molar-refractivity contribution in [3.8, 4) is 5.75 Å². The number of aryl methyl sites for hydroxylation is 1. The Kier molecular flexibility index (Phi) is 6.55. The summed E-state index contributed by atoms with van der Waals surface area (Å²) < 4.78 is 7.35. The molecule has 0 saturated heterocycles. The SMILES string of the molecule is Cc1nc(COc2cccc(/C=C/C(=O)n3ccccc3=NC(C)C)c2)cs1. The summed E-state index contributed by atoms with van der Waals surface area (Å²) in [5.41, 5.74) is 2.45. The summed E-state index contributed by atoms with van der Waals surface area (Å²) in [4.78, 5) is 21.5. The number of rotatable bonds is 6. The molecule has 0 saturated carbocycles. The Labute approximate surface area is 168 Å². The van der Waals surface area contributed by atoms with E-state index < -0.39 is 0 Å². The molecule has 0 bridgehead atoms. The molecule has 0 fully saturated rings. The van der Waals surface area contributed by atoms with E-state index in [2.05, 4.69) is 9.98 Å². The molecule has 0 aliphatic carbocycles. The molecular weight excluding hydrogens is 370 g/mol. The number of benzene rings is 1. The van der Waals surface area contributed by atoms with Crippen LogP contribution in [0.1, 0.15) is 34.9 Å². The third-order valence-corrected chi connectivity index (χ3v) is 4.62. The highest BCUT2D eigenvalue weighted by molar-refractivity contribution is 7.09. The lowest BCUT2D eigenvalue weighted by Gasteiger charge is -2.06. The molecule has 6 heteroatoms. The number of carbonyl (C=O) groups is 1. The van der Waals surface area contributed by atoms with E-state index >= 15 is 0 Å². The number of carbonyl (C=O) groups excluding carboxylic acids is 1. The Hall–Kier alpha value is -2.99. The van der Waals surface area contributed by atoms with Crippen molar-refractivity contribution < 1.29 is 9.53 Å². The van der Waals surface area contributed by atoms with Gasteiger partial charge in [0.05, 0.1) is 10.7 Å². The molecule has 28 heavy (non-hydrogen) atoms. The van der Waals surface area contributed by atoms with Crippen molar-refractivity contribution in [3.63, 3.8) is 0 Å². The predicted molar refractivity (Wildman–Crippen MR) is 112 cm³/mol. The van der Waals surface area contributed by atoms with Crippen LogP contribution in [0.25, 0.3) is 6.08 Å². The van der Waals surface area contributed by atoms with Crippen molar-refractivity contribution in [2.75, 3.05) is 0 Å². The van der Waals surface area contributed by atoms with Crippen LogP contribution in [0.4, 0.5) is 0 Å². The van der Waals surface area contributed by atoms with Gasteiger partial charge in [0.1, 0.15) is 17.8 Å². The fraction of sp³-hybridized carbons (Fsp3) is 0.227. The van der Waals surface area contributed by atoms with Gasteiger partial charge in [-0.1, -0.05) is 18.2 Å². The summed E-state index contributed by atoms with van der Waals surface area (Å²) in [5, 5.41) is 3.02. The van der Waals surface area contributed by atoms with Gasteiger partial charge in [-0.05, 0) is 56.7 Å². The van der Waals surface area contributed by atoms with Crippen LogP contribution in [0.2, 0.25) is 0 Å². The minimum Gasteiger partial charge on any atom is -0.487 e. The van der Waals surface area contributed by atoms with Crippen LogP contribution in [0.3, 0.4) is 0 Å². The van der Waals surface area contributed by atoms with Gasteiger partial charge >= 0.3 is 0 Å². The number of allylic oxidation sites excluding steroid dienone is 1. The van der Waals surface area contributed by atoms with E-state index in [-0.39, 0.29) is 11.9 Å². The summed E-state index contributed by atoms with van der Waals surface area (Å²) in [5.74, 6) is 0.590. The van der Waals surface area contributed by atoms with Gasteiger partial charge in [0.2, 0.25) is 0 Å². The number of hydrogen-bond donors (Lipinski definition) is 0. The first kappa shape index (κ1) is 19.8. The average molecular weight is 394 g/mol. The summed E-state index contributed by atoms with van der Waals surface area (Å²) >= 11 is 1.61. The molecule has 0 aliphatic heterocycles. The lowest BCUT2D eigenvalue weighted by molar-refractivity contribution is 0.0964. The second kappa shape index (κ2) is 9.28. The normalized spacial score (nSPS) is 12.1. The maximum atomic E-state index is 12.6. The quantitative estimate of drug-likeness (QED) is 0.580. The van der Waals surface area contributed by atoms with Crippen LogP contribution in [0, 0.1) is 6.92 Å². The van der Waals surface area contributed by atoms with Crippen LogP contribution in [-0.4, -0.2) is 21.5 Å².